The topological polar surface area (TPSA) is 76.7 Å². The Hall–Kier alpha value is -2.50. The molecule has 4 rings (SSSR count). The van der Waals surface area contributed by atoms with Crippen LogP contribution in [0.25, 0.3) is 6.08 Å². The number of piperidine rings is 1. The Kier molecular flexibility index (Phi) is 5.29. The Bertz CT molecular complexity index is 789. The third-order valence-corrected chi connectivity index (χ3v) is 6.25. The van der Waals surface area contributed by atoms with E-state index >= 15 is 0 Å². The van der Waals surface area contributed by atoms with Crippen molar-refractivity contribution in [3.05, 3.63) is 29.8 Å². The second-order valence-electron chi connectivity index (χ2n) is 8.41. The maximum atomic E-state index is 12.4. The lowest BCUT2D eigenvalue weighted by Gasteiger charge is -2.45. The zero-order chi connectivity index (χ0) is 19.7. The van der Waals surface area contributed by atoms with E-state index in [0.29, 0.717) is 29.9 Å². The highest BCUT2D eigenvalue weighted by atomic mass is 16.7. The monoisotopic (exact) mass is 384 g/mol. The molecular formula is C22H28N2O4. The molecule has 2 fully saturated rings. The van der Waals surface area contributed by atoms with E-state index in [1.165, 1.54) is 0 Å². The van der Waals surface area contributed by atoms with Crippen LogP contribution in [0.1, 0.15) is 45.1 Å². The van der Waals surface area contributed by atoms with Gasteiger partial charge in [0.2, 0.25) is 18.6 Å². The minimum Gasteiger partial charge on any atom is -0.454 e. The van der Waals surface area contributed by atoms with Crippen molar-refractivity contribution in [2.75, 3.05) is 6.79 Å². The largest absolute Gasteiger partial charge is 0.454 e. The van der Waals surface area contributed by atoms with Crippen molar-refractivity contribution < 1.29 is 19.1 Å². The van der Waals surface area contributed by atoms with Gasteiger partial charge in [-0.3, -0.25) is 9.59 Å². The van der Waals surface area contributed by atoms with Crippen LogP contribution in [0.5, 0.6) is 11.5 Å². The molecule has 2 N–H and O–H groups in total. The van der Waals surface area contributed by atoms with Crippen LogP contribution in [-0.2, 0) is 9.59 Å². The smallest absolute Gasteiger partial charge is 0.244 e. The second kappa shape index (κ2) is 7.86. The average Bonchev–Trinajstić information content (AvgIpc) is 3.13. The van der Waals surface area contributed by atoms with Crippen molar-refractivity contribution in [3.63, 3.8) is 0 Å². The van der Waals surface area contributed by atoms with E-state index in [1.807, 2.05) is 18.2 Å². The highest BCUT2D eigenvalue weighted by Gasteiger charge is 2.41. The summed E-state index contributed by atoms with van der Waals surface area (Å²) < 4.78 is 10.7. The Balaban J connectivity index is 1.33. The van der Waals surface area contributed by atoms with Crippen molar-refractivity contribution in [2.24, 2.45) is 17.8 Å². The third-order valence-electron chi connectivity index (χ3n) is 6.25. The number of amides is 2. The average molecular weight is 384 g/mol. The Morgan fingerprint density at radius 3 is 2.89 bits per heavy atom. The van der Waals surface area contributed by atoms with E-state index in [9.17, 15) is 9.59 Å². The third kappa shape index (κ3) is 4.01. The van der Waals surface area contributed by atoms with Gasteiger partial charge < -0.3 is 20.1 Å². The molecule has 2 heterocycles. The first-order valence-corrected chi connectivity index (χ1v) is 10.2. The minimum absolute atomic E-state index is 0.0985. The molecule has 1 aromatic rings. The lowest BCUT2D eigenvalue weighted by Crippen LogP contribution is -2.56. The summed E-state index contributed by atoms with van der Waals surface area (Å²) in [7, 11) is 0. The number of hydrogen-bond donors (Lipinski definition) is 2. The van der Waals surface area contributed by atoms with E-state index < -0.39 is 0 Å². The van der Waals surface area contributed by atoms with Gasteiger partial charge in [-0.25, -0.2) is 0 Å². The summed E-state index contributed by atoms with van der Waals surface area (Å²) in [5.74, 6) is 2.95. The van der Waals surface area contributed by atoms with Crippen LogP contribution in [0.15, 0.2) is 24.3 Å². The molecule has 28 heavy (non-hydrogen) atoms. The van der Waals surface area contributed by atoms with Gasteiger partial charge in [0.15, 0.2) is 11.5 Å². The fourth-order valence-electron chi connectivity index (χ4n) is 4.80. The number of nitrogens with one attached hydrogen (secondary N) is 2. The Morgan fingerprint density at radius 2 is 2.07 bits per heavy atom. The molecule has 6 nitrogen and oxygen atoms in total. The van der Waals surface area contributed by atoms with Crippen LogP contribution >= 0.6 is 0 Å². The van der Waals surface area contributed by atoms with Gasteiger partial charge in [-0.05, 0) is 60.8 Å². The predicted octanol–water partition coefficient (Wildman–Crippen LogP) is 2.87. The fraction of sp³-hybridized carbons (Fsp3) is 0.545. The van der Waals surface area contributed by atoms with Crippen LogP contribution in [0.2, 0.25) is 0 Å². The van der Waals surface area contributed by atoms with Gasteiger partial charge in [0.1, 0.15) is 0 Å². The van der Waals surface area contributed by atoms with Gasteiger partial charge in [0, 0.05) is 24.6 Å². The lowest BCUT2D eigenvalue weighted by atomic mass is 9.67. The highest BCUT2D eigenvalue weighted by molar-refractivity contribution is 5.92. The summed E-state index contributed by atoms with van der Waals surface area (Å²) in [4.78, 5) is 24.4. The molecule has 2 amide bonds. The first-order chi connectivity index (χ1) is 13.5. The normalized spacial score (nSPS) is 28.9. The Morgan fingerprint density at radius 1 is 1.25 bits per heavy atom. The highest BCUT2D eigenvalue weighted by Crippen LogP contribution is 2.39. The minimum atomic E-state index is -0.108. The van der Waals surface area contributed by atoms with E-state index in [0.717, 1.165) is 30.6 Å². The molecule has 0 aromatic heterocycles. The quantitative estimate of drug-likeness (QED) is 0.783. The number of hydrogen-bond acceptors (Lipinski definition) is 4. The Labute approximate surface area is 165 Å². The fourth-order valence-corrected chi connectivity index (χ4v) is 4.80. The molecule has 1 saturated heterocycles. The van der Waals surface area contributed by atoms with Gasteiger partial charge in [-0.1, -0.05) is 19.9 Å². The molecule has 0 bridgehead atoms. The van der Waals surface area contributed by atoms with E-state index in [1.54, 1.807) is 12.2 Å². The number of carbonyl (C=O) groups excluding carboxylic acids is 2. The molecule has 2 aliphatic heterocycles. The molecular weight excluding hydrogens is 356 g/mol. The molecule has 1 aliphatic carbocycles. The van der Waals surface area contributed by atoms with Crippen molar-refractivity contribution in [3.8, 4) is 11.5 Å². The van der Waals surface area contributed by atoms with Gasteiger partial charge in [0.05, 0.1) is 0 Å². The maximum Gasteiger partial charge on any atom is 0.244 e. The van der Waals surface area contributed by atoms with Crippen LogP contribution < -0.4 is 20.1 Å². The number of ether oxygens (including phenoxy) is 2. The van der Waals surface area contributed by atoms with Crippen molar-refractivity contribution in [2.45, 2.75) is 51.6 Å². The summed E-state index contributed by atoms with van der Waals surface area (Å²) in [6, 6.07) is 5.87. The van der Waals surface area contributed by atoms with Crippen molar-refractivity contribution in [1.82, 2.24) is 10.6 Å². The first kappa shape index (κ1) is 18.8. The molecule has 1 saturated carbocycles. The SMILES string of the molecule is CC(C)C1CC(=O)NC2CC(NC(=O)/C=C\c3ccc4c(c3)OCO4)CCC21. The van der Waals surface area contributed by atoms with Crippen molar-refractivity contribution >= 4 is 17.9 Å². The summed E-state index contributed by atoms with van der Waals surface area (Å²) in [6.45, 7) is 4.64. The zero-order valence-corrected chi connectivity index (χ0v) is 16.4. The molecule has 0 radical (unpaired) electrons. The van der Waals surface area contributed by atoms with E-state index in [-0.39, 0.29) is 30.7 Å². The van der Waals surface area contributed by atoms with Crippen LogP contribution in [0.4, 0.5) is 0 Å². The molecule has 4 atom stereocenters. The molecule has 1 aromatic carbocycles. The van der Waals surface area contributed by atoms with E-state index in [2.05, 4.69) is 24.5 Å². The summed E-state index contributed by atoms with van der Waals surface area (Å²) in [5, 5.41) is 6.25. The second-order valence-corrected chi connectivity index (χ2v) is 8.41. The van der Waals surface area contributed by atoms with Gasteiger partial charge in [-0.15, -0.1) is 0 Å². The summed E-state index contributed by atoms with van der Waals surface area (Å²) in [5.41, 5.74) is 0.891. The zero-order valence-electron chi connectivity index (χ0n) is 16.4. The van der Waals surface area contributed by atoms with Gasteiger partial charge in [-0.2, -0.15) is 0 Å². The number of fused-ring (bicyclic) bond motifs is 2. The van der Waals surface area contributed by atoms with Crippen LogP contribution in [-0.4, -0.2) is 30.7 Å². The van der Waals surface area contributed by atoms with Gasteiger partial charge in [0.25, 0.3) is 0 Å². The van der Waals surface area contributed by atoms with Gasteiger partial charge >= 0.3 is 0 Å². The number of benzene rings is 1. The van der Waals surface area contributed by atoms with Crippen LogP contribution in [0.3, 0.4) is 0 Å². The summed E-state index contributed by atoms with van der Waals surface area (Å²) >= 11 is 0. The van der Waals surface area contributed by atoms with E-state index in [4.69, 9.17) is 9.47 Å². The molecule has 150 valence electrons. The number of rotatable bonds is 4. The van der Waals surface area contributed by atoms with Crippen LogP contribution in [0, 0.1) is 17.8 Å². The molecule has 3 aliphatic rings. The standard InChI is InChI=1S/C22H28N2O4/c1-13(2)17-11-22(26)24-18-10-15(5-6-16(17)18)23-21(25)8-4-14-3-7-19-20(9-14)28-12-27-19/h3-4,7-9,13,15-18H,5-6,10-12H2,1-2H3,(H,23,25)(H,24,26)/b8-4-. The maximum absolute atomic E-state index is 12.4. The van der Waals surface area contributed by atoms with Crippen molar-refractivity contribution in [1.29, 1.82) is 0 Å². The lowest BCUT2D eigenvalue weighted by molar-refractivity contribution is -0.128. The predicted molar refractivity (Wildman–Crippen MR) is 106 cm³/mol. The molecule has 0 spiro atoms. The molecule has 6 heteroatoms. The summed E-state index contributed by atoms with van der Waals surface area (Å²) in [6.07, 6.45) is 6.78. The molecule has 4 unspecified atom stereocenters. The number of carbonyl (C=O) groups is 2. The first-order valence-electron chi connectivity index (χ1n) is 10.2.